The van der Waals surface area contributed by atoms with E-state index in [9.17, 15) is 5.21 Å². The number of hydrogen-bond donors (Lipinski definition) is 1. The predicted octanol–water partition coefficient (Wildman–Crippen LogP) is 3.90. The van der Waals surface area contributed by atoms with Crippen molar-refractivity contribution in [3.8, 4) is 23.4 Å². The number of aromatic nitrogens is 5. The van der Waals surface area contributed by atoms with Crippen LogP contribution in [-0.2, 0) is 6.42 Å². The second-order valence-electron chi connectivity index (χ2n) is 5.60. The van der Waals surface area contributed by atoms with Crippen molar-refractivity contribution in [3.63, 3.8) is 0 Å². The predicted molar refractivity (Wildman–Crippen MR) is 101 cm³/mol. The van der Waals surface area contributed by atoms with Crippen LogP contribution in [-0.4, -0.2) is 19.9 Å². The molecule has 27 heavy (non-hydrogen) atoms. The minimum atomic E-state index is 0.0593. The van der Waals surface area contributed by atoms with E-state index >= 15 is 0 Å². The first kappa shape index (κ1) is 17.2. The topological polar surface area (TPSA) is 99.9 Å². The van der Waals surface area contributed by atoms with Gasteiger partial charge in [-0.25, -0.2) is 0 Å². The monoisotopic (exact) mass is 427 g/mol. The number of pyridine rings is 2. The Hall–Kier alpha value is -3.20. The van der Waals surface area contributed by atoms with Crippen LogP contribution in [0.1, 0.15) is 12.6 Å². The molecule has 0 saturated heterocycles. The van der Waals surface area contributed by atoms with Crippen LogP contribution in [0.5, 0.6) is 23.4 Å². The third kappa shape index (κ3) is 3.54. The van der Waals surface area contributed by atoms with Gasteiger partial charge in [0, 0.05) is 18.0 Å². The number of H-pyrrole nitrogens is 1. The van der Waals surface area contributed by atoms with Crippen molar-refractivity contribution in [2.75, 3.05) is 0 Å². The molecule has 0 unspecified atom stereocenters. The van der Waals surface area contributed by atoms with E-state index in [0.717, 1.165) is 16.6 Å². The van der Waals surface area contributed by atoms with Gasteiger partial charge < -0.3 is 19.7 Å². The van der Waals surface area contributed by atoms with Gasteiger partial charge in [0.2, 0.25) is 12.1 Å². The van der Waals surface area contributed by atoms with E-state index in [1.54, 1.807) is 36.7 Å². The van der Waals surface area contributed by atoms with Crippen LogP contribution < -0.4 is 14.2 Å². The van der Waals surface area contributed by atoms with Crippen LogP contribution in [0, 0.1) is 5.21 Å². The molecule has 1 N–H and O–H groups in total. The van der Waals surface area contributed by atoms with Crippen molar-refractivity contribution >= 4 is 27.0 Å². The fraction of sp³-hybridized carbons (Fsp3) is 0.111. The van der Waals surface area contributed by atoms with Gasteiger partial charge in [0.05, 0.1) is 16.1 Å². The van der Waals surface area contributed by atoms with Crippen molar-refractivity contribution in [3.05, 3.63) is 64.4 Å². The number of halogens is 1. The maximum Gasteiger partial charge on any atom is 0.327 e. The van der Waals surface area contributed by atoms with Crippen LogP contribution >= 0.6 is 15.9 Å². The van der Waals surface area contributed by atoms with Crippen molar-refractivity contribution in [1.29, 1.82) is 0 Å². The van der Waals surface area contributed by atoms with Crippen molar-refractivity contribution in [2.45, 2.75) is 13.3 Å². The molecule has 0 spiro atoms. The first-order chi connectivity index (χ1) is 13.1. The molecule has 8 nitrogen and oxygen atoms in total. The zero-order chi connectivity index (χ0) is 18.8. The highest BCUT2D eigenvalue weighted by atomic mass is 79.9. The summed E-state index contributed by atoms with van der Waals surface area (Å²) in [5.74, 6) is 1.17. The molecule has 0 atom stereocenters. The van der Waals surface area contributed by atoms with E-state index in [-0.39, 0.29) is 6.01 Å². The lowest BCUT2D eigenvalue weighted by Crippen LogP contribution is -2.23. The SMILES string of the molecule is CCc1[nH]c2nc(Oc3ccc[n+]([O-])c3)nc(Oc3cccnc3)c2c1Br. The fourth-order valence-corrected chi connectivity index (χ4v) is 3.28. The second-order valence-corrected chi connectivity index (χ2v) is 6.39. The number of nitrogens with one attached hydrogen (secondary N) is 1. The molecule has 9 heteroatoms. The highest BCUT2D eigenvalue weighted by Crippen LogP contribution is 2.37. The molecule has 0 fully saturated rings. The summed E-state index contributed by atoms with van der Waals surface area (Å²) in [6.07, 6.45) is 6.67. The van der Waals surface area contributed by atoms with E-state index < -0.39 is 0 Å². The van der Waals surface area contributed by atoms with Crippen LogP contribution in [0.4, 0.5) is 0 Å². The first-order valence-electron chi connectivity index (χ1n) is 8.16. The van der Waals surface area contributed by atoms with Gasteiger partial charge in [-0.1, -0.05) is 6.92 Å². The van der Waals surface area contributed by atoms with Gasteiger partial charge in [-0.3, -0.25) is 4.98 Å². The summed E-state index contributed by atoms with van der Waals surface area (Å²) in [5, 5.41) is 12.1. The van der Waals surface area contributed by atoms with Crippen LogP contribution in [0.25, 0.3) is 11.0 Å². The molecule has 0 aliphatic carbocycles. The smallest absolute Gasteiger partial charge is 0.327 e. The molecule has 0 radical (unpaired) electrons. The number of fused-ring (bicyclic) bond motifs is 1. The summed E-state index contributed by atoms with van der Waals surface area (Å²) in [6, 6.07) is 6.83. The number of nitrogens with zero attached hydrogens (tertiary/aromatic N) is 4. The van der Waals surface area contributed by atoms with Gasteiger partial charge in [0.25, 0.3) is 0 Å². The average molecular weight is 428 g/mol. The molecule has 0 aliphatic heterocycles. The Morgan fingerprint density at radius 2 is 2.04 bits per heavy atom. The molecule has 136 valence electrons. The Kier molecular flexibility index (Phi) is 4.59. The van der Waals surface area contributed by atoms with Gasteiger partial charge in [-0.05, 0) is 40.5 Å². The molecule has 4 aromatic rings. The van der Waals surface area contributed by atoms with Crippen molar-refractivity contribution in [2.24, 2.45) is 0 Å². The highest BCUT2D eigenvalue weighted by Gasteiger charge is 2.19. The minimum Gasteiger partial charge on any atom is -0.619 e. The number of hydrogen-bond acceptors (Lipinski definition) is 6. The minimum absolute atomic E-state index is 0.0593. The quantitative estimate of drug-likeness (QED) is 0.382. The lowest BCUT2D eigenvalue weighted by atomic mass is 10.3. The number of aryl methyl sites for hydroxylation is 1. The second kappa shape index (κ2) is 7.20. The third-order valence-corrected chi connectivity index (χ3v) is 4.64. The van der Waals surface area contributed by atoms with Crippen LogP contribution in [0.2, 0.25) is 0 Å². The van der Waals surface area contributed by atoms with Gasteiger partial charge in [0.15, 0.2) is 11.9 Å². The molecular weight excluding hydrogens is 414 g/mol. The summed E-state index contributed by atoms with van der Waals surface area (Å²) in [5.41, 5.74) is 1.53. The molecule has 4 rings (SSSR count). The Labute approximate surface area is 162 Å². The molecule has 0 aliphatic rings. The standard InChI is InChI=1S/C18H14BrN5O3/c1-2-13-15(19)14-16(21-13)22-18(27-12-6-4-8-24(25)10-12)23-17(14)26-11-5-3-7-20-9-11/h3-10H,2H2,1H3,(H,21,22,23). The molecule has 4 aromatic heterocycles. The van der Waals surface area contributed by atoms with E-state index in [0.29, 0.717) is 33.1 Å². The lowest BCUT2D eigenvalue weighted by Gasteiger charge is -2.08. The number of ether oxygens (including phenoxy) is 2. The molecule has 0 bridgehead atoms. The zero-order valence-corrected chi connectivity index (χ0v) is 15.8. The van der Waals surface area contributed by atoms with Crippen molar-refractivity contribution < 1.29 is 14.2 Å². The third-order valence-electron chi connectivity index (χ3n) is 3.77. The van der Waals surface area contributed by atoms with Gasteiger partial charge in [-0.15, -0.1) is 0 Å². The van der Waals surface area contributed by atoms with Gasteiger partial charge >= 0.3 is 6.01 Å². The molecular formula is C18H14BrN5O3. The maximum absolute atomic E-state index is 11.4. The van der Waals surface area contributed by atoms with E-state index in [1.807, 2.05) is 6.92 Å². The van der Waals surface area contributed by atoms with Crippen molar-refractivity contribution in [1.82, 2.24) is 19.9 Å². The van der Waals surface area contributed by atoms with Gasteiger partial charge in [0.1, 0.15) is 11.4 Å². The number of rotatable bonds is 5. The molecule has 0 saturated carbocycles. The Bertz CT molecular complexity index is 1100. The first-order valence-corrected chi connectivity index (χ1v) is 8.96. The average Bonchev–Trinajstić information content (AvgIpc) is 2.98. The van der Waals surface area contributed by atoms with Gasteiger partial charge in [-0.2, -0.15) is 14.7 Å². The fourth-order valence-electron chi connectivity index (χ4n) is 2.54. The molecule has 4 heterocycles. The Morgan fingerprint density at radius 3 is 2.78 bits per heavy atom. The summed E-state index contributed by atoms with van der Waals surface area (Å²) in [4.78, 5) is 16.1. The van der Waals surface area contributed by atoms with E-state index in [1.165, 1.54) is 12.4 Å². The molecule has 0 amide bonds. The summed E-state index contributed by atoms with van der Waals surface area (Å²) >= 11 is 3.58. The maximum atomic E-state index is 11.4. The summed E-state index contributed by atoms with van der Waals surface area (Å²) in [6.45, 7) is 2.03. The van der Waals surface area contributed by atoms with Crippen LogP contribution in [0.3, 0.4) is 0 Å². The summed E-state index contributed by atoms with van der Waals surface area (Å²) < 4.78 is 13.1. The Morgan fingerprint density at radius 1 is 1.19 bits per heavy atom. The normalized spacial score (nSPS) is 10.9. The Balaban J connectivity index is 1.81. The lowest BCUT2D eigenvalue weighted by molar-refractivity contribution is -0.605. The molecule has 0 aromatic carbocycles. The summed E-state index contributed by atoms with van der Waals surface area (Å²) in [7, 11) is 0. The highest BCUT2D eigenvalue weighted by molar-refractivity contribution is 9.10. The van der Waals surface area contributed by atoms with E-state index in [4.69, 9.17) is 9.47 Å². The van der Waals surface area contributed by atoms with E-state index in [2.05, 4.69) is 35.9 Å². The number of aromatic amines is 1. The zero-order valence-electron chi connectivity index (χ0n) is 14.2. The van der Waals surface area contributed by atoms with Crippen LogP contribution in [0.15, 0.2) is 53.5 Å². The largest absolute Gasteiger partial charge is 0.619 e.